The van der Waals surface area contributed by atoms with Crippen LogP contribution < -0.4 is 9.30 Å². The molecule has 0 radical (unpaired) electrons. The smallest absolute Gasteiger partial charge is 0.268 e. The summed E-state index contributed by atoms with van der Waals surface area (Å²) < 4.78 is 20.8. The first kappa shape index (κ1) is 54.1. The molecule has 0 bridgehead atoms. The summed E-state index contributed by atoms with van der Waals surface area (Å²) in [5.41, 5.74) is 18.9. The van der Waals surface area contributed by atoms with Crippen LogP contribution in [0.25, 0.3) is 144 Å². The Bertz CT molecular complexity index is 5890. The number of rotatable bonds is 9. The second-order valence-corrected chi connectivity index (χ2v) is 24.3. The van der Waals surface area contributed by atoms with Crippen molar-refractivity contribution in [3.63, 3.8) is 0 Å². The Morgan fingerprint density at radius 3 is 1.70 bits per heavy atom. The van der Waals surface area contributed by atoms with Crippen LogP contribution in [0.5, 0.6) is 11.5 Å². The number of para-hydroxylation sites is 8. The van der Waals surface area contributed by atoms with Crippen molar-refractivity contribution in [3.05, 3.63) is 303 Å². The molecule has 9 heteroatoms. The van der Waals surface area contributed by atoms with Gasteiger partial charge in [0, 0.05) is 88.0 Å². The molecule has 0 aliphatic rings. The number of hydrogen-bond donors (Lipinski definition) is 0. The van der Waals surface area contributed by atoms with Gasteiger partial charge in [0.05, 0.1) is 49.8 Å². The van der Waals surface area contributed by atoms with Gasteiger partial charge in [-0.1, -0.05) is 190 Å². The van der Waals surface area contributed by atoms with Crippen LogP contribution in [-0.2, 0) is 26.5 Å². The summed E-state index contributed by atoms with van der Waals surface area (Å²) in [6, 6.07) is 105. The predicted molar refractivity (Wildman–Crippen MR) is 367 cm³/mol. The Hall–Kier alpha value is -11.1. The summed E-state index contributed by atoms with van der Waals surface area (Å²) in [5, 5.41) is 9.25. The summed E-state index contributed by atoms with van der Waals surface area (Å²) in [6.45, 7) is 6.73. The standard InChI is InChI=1S/C82H55N7O.Pt/c1-82(2,3)54-46-47-83-78(49-54)89-72-44-40-53(60-32-21-39-75-79(60)66-31-13-17-36-71(66)86(75)55-22-6-4-7-23-55)48-67(72)64-42-41-59(51-77(64)89)90-58-27-20-26-57(50-58)84-52-85(74-38-19-18-37-73(74)84)81-76(88-69-34-15-10-28-61(69)62-29-11-16-35-70(62)88)45-43-65-63-30-12-14-33-68(63)87(80(65)81)56-24-8-5-9-25-56;/h4-49H,1-3H3;/q-2;. The maximum absolute atomic E-state index is 6.96. The number of pyridine rings is 1. The summed E-state index contributed by atoms with van der Waals surface area (Å²) in [5.74, 6) is 1.91. The molecule has 0 amide bonds. The normalized spacial score (nSPS) is 12.0. The van der Waals surface area contributed by atoms with Gasteiger partial charge in [0.2, 0.25) is 0 Å². The van der Waals surface area contributed by atoms with Crippen LogP contribution in [0.15, 0.2) is 279 Å². The van der Waals surface area contributed by atoms with E-state index in [1.807, 2.05) is 24.4 Å². The zero-order chi connectivity index (χ0) is 59.8. The zero-order valence-electron chi connectivity index (χ0n) is 49.9. The fourth-order valence-electron chi connectivity index (χ4n) is 14.1. The van der Waals surface area contributed by atoms with E-state index in [1.54, 1.807) is 0 Å². The van der Waals surface area contributed by atoms with Gasteiger partial charge in [0.25, 0.3) is 6.33 Å². The van der Waals surface area contributed by atoms with E-state index in [0.29, 0.717) is 11.5 Å². The average molecular weight is 1350 g/mol. The van der Waals surface area contributed by atoms with Crippen molar-refractivity contribution < 1.29 is 30.4 Å². The second-order valence-electron chi connectivity index (χ2n) is 24.3. The quantitative estimate of drug-likeness (QED) is 0.107. The fourth-order valence-corrected chi connectivity index (χ4v) is 14.1. The molecule has 0 atom stereocenters. The number of aromatic nitrogens is 7. The van der Waals surface area contributed by atoms with E-state index in [0.717, 1.165) is 106 Å². The summed E-state index contributed by atoms with van der Waals surface area (Å²) >= 11 is 0. The Balaban J connectivity index is 0.00000636. The van der Waals surface area contributed by atoms with Gasteiger partial charge < -0.3 is 27.6 Å². The SMILES string of the molecule is CC(C)(C)c1ccnc(-n2c3[c-]c(Oc4[c-]c(-n5[c-][n+](-c6c(-n7c8ccccc8c8ccccc87)ccc7c8ccccc8n(-c8ccccc8)c67)c6ccccc65)ccc4)ccc3c3cc(-c4cccc5c4c4ccccc4n5-c4ccccc4)ccc32)c1.[Pt]. The van der Waals surface area contributed by atoms with Gasteiger partial charge in [-0.3, -0.25) is 4.57 Å². The Labute approximate surface area is 539 Å². The average Bonchev–Trinajstić information content (AvgIpc) is 1.58. The van der Waals surface area contributed by atoms with Gasteiger partial charge in [0.1, 0.15) is 11.5 Å². The first-order valence-electron chi connectivity index (χ1n) is 30.6. The van der Waals surface area contributed by atoms with Crippen molar-refractivity contribution in [1.29, 1.82) is 0 Å². The first-order chi connectivity index (χ1) is 44.3. The molecule has 0 aliphatic carbocycles. The van der Waals surface area contributed by atoms with E-state index in [9.17, 15) is 0 Å². The molecule has 0 N–H and O–H groups in total. The Morgan fingerprint density at radius 2 is 0.989 bits per heavy atom. The van der Waals surface area contributed by atoms with Crippen molar-refractivity contribution in [2.75, 3.05) is 0 Å². The Morgan fingerprint density at radius 1 is 0.418 bits per heavy atom. The van der Waals surface area contributed by atoms with E-state index in [-0.39, 0.29) is 26.5 Å². The van der Waals surface area contributed by atoms with Gasteiger partial charge in [-0.2, -0.15) is 18.2 Å². The molecule has 0 unspecified atom stereocenters. The predicted octanol–water partition coefficient (Wildman–Crippen LogP) is 19.8. The Kier molecular flexibility index (Phi) is 12.5. The molecule has 8 nitrogen and oxygen atoms in total. The third-order valence-electron chi connectivity index (χ3n) is 18.1. The number of imidazole rings is 1. The van der Waals surface area contributed by atoms with Gasteiger partial charge in [-0.15, -0.1) is 29.7 Å². The molecule has 18 rings (SSSR count). The zero-order valence-corrected chi connectivity index (χ0v) is 52.2. The minimum Gasteiger partial charge on any atom is -0.510 e. The molecule has 436 valence electrons. The molecule has 12 aromatic carbocycles. The van der Waals surface area contributed by atoms with Crippen LogP contribution in [0.4, 0.5) is 0 Å². The van der Waals surface area contributed by atoms with Crippen LogP contribution >= 0.6 is 0 Å². The number of fused-ring (bicyclic) bond motifs is 13. The topological polar surface area (TPSA) is 50.6 Å². The summed E-state index contributed by atoms with van der Waals surface area (Å²) in [4.78, 5) is 5.07. The largest absolute Gasteiger partial charge is 0.510 e. The molecule has 91 heavy (non-hydrogen) atoms. The van der Waals surface area contributed by atoms with Gasteiger partial charge in [-0.05, 0) is 112 Å². The van der Waals surface area contributed by atoms with Crippen LogP contribution in [0.3, 0.4) is 0 Å². The van der Waals surface area contributed by atoms with Gasteiger partial charge >= 0.3 is 0 Å². The van der Waals surface area contributed by atoms with E-state index in [2.05, 4.69) is 321 Å². The molecular weight excluding hydrogens is 1290 g/mol. The molecule has 0 fully saturated rings. The van der Waals surface area contributed by atoms with Gasteiger partial charge in [0.15, 0.2) is 0 Å². The molecule has 6 heterocycles. The maximum Gasteiger partial charge on any atom is 0.268 e. The van der Waals surface area contributed by atoms with Crippen LogP contribution in [0.1, 0.15) is 26.3 Å². The van der Waals surface area contributed by atoms with Crippen LogP contribution in [0.2, 0.25) is 0 Å². The molecule has 0 saturated carbocycles. The molecule has 18 aromatic rings. The van der Waals surface area contributed by atoms with Crippen molar-refractivity contribution in [2.24, 2.45) is 0 Å². The minimum absolute atomic E-state index is 0. The third-order valence-corrected chi connectivity index (χ3v) is 18.1. The van der Waals surface area contributed by atoms with Crippen LogP contribution in [0, 0.1) is 18.5 Å². The number of nitrogens with zero attached hydrogens (tertiary/aromatic N) is 7. The maximum atomic E-state index is 6.96. The molecule has 0 spiro atoms. The van der Waals surface area contributed by atoms with E-state index >= 15 is 0 Å². The third kappa shape index (κ3) is 8.47. The van der Waals surface area contributed by atoms with Crippen molar-refractivity contribution in [1.82, 2.24) is 27.8 Å². The number of hydrogen-bond acceptors (Lipinski definition) is 2. The number of benzene rings is 12. The molecule has 0 aliphatic heterocycles. The molecular formula is C82H55N7OPt-2. The van der Waals surface area contributed by atoms with Crippen molar-refractivity contribution >= 4 is 98.3 Å². The van der Waals surface area contributed by atoms with Crippen molar-refractivity contribution in [3.8, 4) is 56.9 Å². The minimum atomic E-state index is -0.105. The monoisotopic (exact) mass is 1350 g/mol. The second kappa shape index (κ2) is 21.1. The summed E-state index contributed by atoms with van der Waals surface area (Å²) in [7, 11) is 0. The van der Waals surface area contributed by atoms with E-state index < -0.39 is 0 Å². The molecule has 6 aromatic heterocycles. The van der Waals surface area contributed by atoms with E-state index in [1.165, 1.54) is 43.6 Å². The first-order valence-corrected chi connectivity index (χ1v) is 30.6. The molecule has 0 saturated heterocycles. The van der Waals surface area contributed by atoms with Crippen LogP contribution in [-0.4, -0.2) is 27.8 Å². The van der Waals surface area contributed by atoms with Crippen molar-refractivity contribution in [2.45, 2.75) is 26.2 Å². The summed E-state index contributed by atoms with van der Waals surface area (Å²) in [6.07, 6.45) is 5.87. The fraction of sp³-hybridized carbons (Fsp3) is 0.0488. The van der Waals surface area contributed by atoms with E-state index in [4.69, 9.17) is 9.72 Å². The number of ether oxygens (including phenoxy) is 1. The van der Waals surface area contributed by atoms with Gasteiger partial charge in [-0.25, -0.2) is 4.98 Å².